The van der Waals surface area contributed by atoms with Gasteiger partial charge in [-0.25, -0.2) is 9.97 Å². The first-order chi connectivity index (χ1) is 9.15. The first kappa shape index (κ1) is 12.0. The van der Waals surface area contributed by atoms with Crippen LogP contribution in [0.2, 0.25) is 0 Å². The van der Waals surface area contributed by atoms with Crippen LogP contribution in [0.15, 0.2) is 18.7 Å². The Hall–Kier alpha value is -2.11. The average Bonchev–Trinajstić information content (AvgIpc) is 3.03. The number of nitrogens with one attached hydrogen (secondary N) is 1. The normalized spacial score (nSPS) is 19.4. The standard InChI is InChI=1S/C13H17N5O/c1-9-12(16-8-15-9)13-14-3-4-18(13)7-10-5-11(19)17(2)6-10/h3-4,8,10H,5-7H2,1-2H3,(H,15,16). The summed E-state index contributed by atoms with van der Waals surface area (Å²) in [5, 5.41) is 0. The lowest BCUT2D eigenvalue weighted by Gasteiger charge is -2.12. The summed E-state index contributed by atoms with van der Waals surface area (Å²) >= 11 is 0. The molecule has 2 aromatic heterocycles. The Morgan fingerprint density at radius 2 is 2.32 bits per heavy atom. The van der Waals surface area contributed by atoms with E-state index >= 15 is 0 Å². The van der Waals surface area contributed by atoms with Crippen LogP contribution in [0.25, 0.3) is 11.5 Å². The van der Waals surface area contributed by atoms with E-state index in [-0.39, 0.29) is 5.91 Å². The van der Waals surface area contributed by atoms with Crippen molar-refractivity contribution in [2.45, 2.75) is 19.9 Å². The molecule has 1 aliphatic heterocycles. The molecule has 2 aromatic rings. The molecule has 0 spiro atoms. The van der Waals surface area contributed by atoms with Crippen LogP contribution in [0.5, 0.6) is 0 Å². The van der Waals surface area contributed by atoms with Gasteiger partial charge in [-0.1, -0.05) is 0 Å². The van der Waals surface area contributed by atoms with Crippen LogP contribution < -0.4 is 0 Å². The van der Waals surface area contributed by atoms with E-state index in [1.54, 1.807) is 17.4 Å². The van der Waals surface area contributed by atoms with Crippen LogP contribution in [-0.4, -0.2) is 43.9 Å². The van der Waals surface area contributed by atoms with Gasteiger partial charge in [0.15, 0.2) is 5.82 Å². The minimum absolute atomic E-state index is 0.225. The monoisotopic (exact) mass is 259 g/mol. The smallest absolute Gasteiger partial charge is 0.222 e. The van der Waals surface area contributed by atoms with E-state index in [1.807, 2.05) is 20.2 Å². The van der Waals surface area contributed by atoms with Crippen molar-refractivity contribution in [2.75, 3.05) is 13.6 Å². The molecule has 100 valence electrons. The van der Waals surface area contributed by atoms with Crippen LogP contribution in [0, 0.1) is 12.8 Å². The Kier molecular flexibility index (Phi) is 2.85. The summed E-state index contributed by atoms with van der Waals surface area (Å²) in [6.07, 6.45) is 6.03. The summed E-state index contributed by atoms with van der Waals surface area (Å²) in [5.74, 6) is 1.44. The zero-order chi connectivity index (χ0) is 13.4. The lowest BCUT2D eigenvalue weighted by Crippen LogP contribution is -2.20. The molecule has 1 aliphatic rings. The second kappa shape index (κ2) is 4.53. The molecule has 1 saturated heterocycles. The molecule has 1 atom stereocenters. The summed E-state index contributed by atoms with van der Waals surface area (Å²) < 4.78 is 2.08. The van der Waals surface area contributed by atoms with Crippen LogP contribution in [0.1, 0.15) is 12.1 Å². The minimum atomic E-state index is 0.225. The molecule has 1 N–H and O–H groups in total. The van der Waals surface area contributed by atoms with Gasteiger partial charge in [-0.3, -0.25) is 4.79 Å². The summed E-state index contributed by atoms with van der Waals surface area (Å²) in [4.78, 5) is 25.1. The number of aromatic amines is 1. The molecule has 1 amide bonds. The molecule has 0 saturated carbocycles. The number of imidazole rings is 2. The quantitative estimate of drug-likeness (QED) is 0.896. The van der Waals surface area contributed by atoms with E-state index < -0.39 is 0 Å². The van der Waals surface area contributed by atoms with Crippen molar-refractivity contribution in [3.05, 3.63) is 24.4 Å². The lowest BCUT2D eigenvalue weighted by molar-refractivity contribution is -0.126. The van der Waals surface area contributed by atoms with Gasteiger partial charge in [-0.15, -0.1) is 0 Å². The second-order valence-electron chi connectivity index (χ2n) is 5.12. The molecule has 3 heterocycles. The Balaban J connectivity index is 1.82. The fourth-order valence-electron chi connectivity index (χ4n) is 2.61. The van der Waals surface area contributed by atoms with Crippen molar-refractivity contribution in [1.82, 2.24) is 24.4 Å². The largest absolute Gasteiger partial charge is 0.348 e. The van der Waals surface area contributed by atoms with E-state index in [1.165, 1.54) is 0 Å². The second-order valence-corrected chi connectivity index (χ2v) is 5.12. The Morgan fingerprint density at radius 1 is 1.47 bits per heavy atom. The topological polar surface area (TPSA) is 66.8 Å². The lowest BCUT2D eigenvalue weighted by atomic mass is 10.1. The Morgan fingerprint density at radius 3 is 2.95 bits per heavy atom. The van der Waals surface area contributed by atoms with E-state index in [0.717, 1.165) is 30.3 Å². The number of hydrogen-bond donors (Lipinski definition) is 1. The highest BCUT2D eigenvalue weighted by molar-refractivity contribution is 5.78. The molecule has 0 aromatic carbocycles. The number of carbonyl (C=O) groups excluding carboxylic acids is 1. The van der Waals surface area contributed by atoms with Gasteiger partial charge in [0, 0.05) is 50.6 Å². The number of aromatic nitrogens is 4. The number of rotatable bonds is 3. The van der Waals surface area contributed by atoms with Crippen molar-refractivity contribution >= 4 is 5.91 Å². The maximum atomic E-state index is 11.6. The van der Waals surface area contributed by atoms with Crippen LogP contribution in [0.4, 0.5) is 0 Å². The zero-order valence-electron chi connectivity index (χ0n) is 11.1. The fourth-order valence-corrected chi connectivity index (χ4v) is 2.61. The molecular formula is C13H17N5O. The van der Waals surface area contributed by atoms with Crippen LogP contribution >= 0.6 is 0 Å². The highest BCUT2D eigenvalue weighted by Gasteiger charge is 2.27. The SMILES string of the molecule is Cc1[nH]cnc1-c1nccn1CC1CC(=O)N(C)C1. The average molecular weight is 259 g/mol. The third kappa shape index (κ3) is 2.14. The number of hydrogen-bond acceptors (Lipinski definition) is 3. The molecule has 1 unspecified atom stereocenters. The van der Waals surface area contributed by atoms with Crippen molar-refractivity contribution in [3.8, 4) is 11.5 Å². The van der Waals surface area contributed by atoms with E-state index in [4.69, 9.17) is 0 Å². The zero-order valence-corrected chi connectivity index (χ0v) is 11.1. The third-order valence-corrected chi connectivity index (χ3v) is 3.63. The summed E-state index contributed by atoms with van der Waals surface area (Å²) in [6, 6.07) is 0. The van der Waals surface area contributed by atoms with Crippen LogP contribution in [0.3, 0.4) is 0 Å². The number of amides is 1. The predicted molar refractivity (Wildman–Crippen MR) is 70.3 cm³/mol. The third-order valence-electron chi connectivity index (χ3n) is 3.63. The van der Waals surface area contributed by atoms with E-state index in [9.17, 15) is 4.79 Å². The molecule has 3 rings (SSSR count). The number of likely N-dealkylation sites (tertiary alicyclic amines) is 1. The van der Waals surface area contributed by atoms with Gasteiger partial charge in [-0.2, -0.15) is 0 Å². The van der Waals surface area contributed by atoms with Crippen LogP contribution in [-0.2, 0) is 11.3 Å². The predicted octanol–water partition coefficient (Wildman–Crippen LogP) is 1.06. The molecule has 19 heavy (non-hydrogen) atoms. The highest BCUT2D eigenvalue weighted by atomic mass is 16.2. The number of aryl methyl sites for hydroxylation is 1. The molecule has 0 bridgehead atoms. The maximum Gasteiger partial charge on any atom is 0.222 e. The van der Waals surface area contributed by atoms with E-state index in [0.29, 0.717) is 12.3 Å². The first-order valence-electron chi connectivity index (χ1n) is 6.40. The molecule has 6 nitrogen and oxygen atoms in total. The van der Waals surface area contributed by atoms with Gasteiger partial charge in [-0.05, 0) is 6.92 Å². The first-order valence-corrected chi connectivity index (χ1v) is 6.40. The van der Waals surface area contributed by atoms with Gasteiger partial charge in [0.05, 0.1) is 6.33 Å². The molecule has 6 heteroatoms. The molecule has 0 aliphatic carbocycles. The van der Waals surface area contributed by atoms with Gasteiger partial charge in [0.2, 0.25) is 5.91 Å². The number of carbonyl (C=O) groups is 1. The summed E-state index contributed by atoms with van der Waals surface area (Å²) in [5.41, 5.74) is 1.88. The summed E-state index contributed by atoms with van der Waals surface area (Å²) in [7, 11) is 1.86. The van der Waals surface area contributed by atoms with Gasteiger partial charge in [0.1, 0.15) is 5.69 Å². The Labute approximate surface area is 111 Å². The minimum Gasteiger partial charge on any atom is -0.348 e. The number of nitrogens with zero attached hydrogens (tertiary/aromatic N) is 4. The molecular weight excluding hydrogens is 242 g/mol. The fraction of sp³-hybridized carbons (Fsp3) is 0.462. The molecule has 0 radical (unpaired) electrons. The van der Waals surface area contributed by atoms with Gasteiger partial charge < -0.3 is 14.5 Å². The van der Waals surface area contributed by atoms with Gasteiger partial charge in [0.25, 0.3) is 0 Å². The van der Waals surface area contributed by atoms with Crippen molar-refractivity contribution in [1.29, 1.82) is 0 Å². The van der Waals surface area contributed by atoms with Crippen molar-refractivity contribution in [3.63, 3.8) is 0 Å². The molecule has 1 fully saturated rings. The Bertz CT molecular complexity index is 600. The highest BCUT2D eigenvalue weighted by Crippen LogP contribution is 2.22. The number of H-pyrrole nitrogens is 1. The maximum absolute atomic E-state index is 11.6. The van der Waals surface area contributed by atoms with Crippen molar-refractivity contribution in [2.24, 2.45) is 5.92 Å². The summed E-state index contributed by atoms with van der Waals surface area (Å²) in [6.45, 7) is 3.60. The van der Waals surface area contributed by atoms with Crippen molar-refractivity contribution < 1.29 is 4.79 Å². The van der Waals surface area contributed by atoms with E-state index in [2.05, 4.69) is 19.5 Å². The van der Waals surface area contributed by atoms with Gasteiger partial charge >= 0.3 is 0 Å².